The number of aromatic nitrogens is 10. The van der Waals surface area contributed by atoms with Gasteiger partial charge in [-0.05, 0) is 125 Å². The largest absolute Gasteiger partial charge is 0.512 e. The minimum absolute atomic E-state index is 0.0177. The average Bonchev–Trinajstić information content (AvgIpc) is 4.23. The number of hydrogen-bond donors (Lipinski definition) is 2. The lowest BCUT2D eigenvalue weighted by molar-refractivity contribution is -0.0332. The van der Waals surface area contributed by atoms with Crippen molar-refractivity contribution in [2.24, 2.45) is 14.1 Å². The smallest absolute Gasteiger partial charge is 0.410 e. The lowest BCUT2D eigenvalue weighted by Crippen LogP contribution is -2.49. The van der Waals surface area contributed by atoms with Crippen LogP contribution in [0.2, 0.25) is 0 Å². The van der Waals surface area contributed by atoms with Gasteiger partial charge in [-0.15, -0.1) is 0 Å². The molecule has 8 heterocycles. The third kappa shape index (κ3) is 9.84. The SMILES string of the molecule is Cc1cccnc1N(C(=O)c1ccc(-c2cnn(C)c2-c2noc(=O)n2C(C)OC(=O)OC(C)n2c(-c3c(-c4ccc(C(=O)N(c5ncccc5C)[C@@H]5CCCNC5)cc4)cnn3C)noc2=O)cc1)[C@@H]1CCCNC1. The summed E-state index contributed by atoms with van der Waals surface area (Å²) in [4.78, 5) is 81.5. The Kier molecular flexibility index (Phi) is 14.4. The van der Waals surface area contributed by atoms with Crippen molar-refractivity contribution in [3.8, 4) is 45.3 Å². The number of nitrogens with one attached hydrogen (secondary N) is 2. The molecule has 0 saturated carbocycles. The molecule has 2 amide bonds. The zero-order chi connectivity index (χ0) is 53.2. The number of hydrogen-bond acceptors (Lipinski definition) is 17. The highest BCUT2D eigenvalue weighted by molar-refractivity contribution is 6.07. The second-order valence-electron chi connectivity index (χ2n) is 18.8. The Hall–Kier alpha value is -8.83. The van der Waals surface area contributed by atoms with Gasteiger partial charge in [0.1, 0.15) is 23.0 Å². The summed E-state index contributed by atoms with van der Waals surface area (Å²) >= 11 is 0. The quantitative estimate of drug-likeness (QED) is 0.115. The van der Waals surface area contributed by atoms with Crippen LogP contribution in [0.15, 0.2) is 116 Å². The maximum absolute atomic E-state index is 14.3. The fourth-order valence-corrected chi connectivity index (χ4v) is 10.0. The molecule has 2 aliphatic heterocycles. The Morgan fingerprint density at radius 1 is 0.632 bits per heavy atom. The summed E-state index contributed by atoms with van der Waals surface area (Å²) in [5, 5.41) is 23.8. The van der Waals surface area contributed by atoms with E-state index in [1.165, 1.54) is 23.2 Å². The second-order valence-corrected chi connectivity index (χ2v) is 18.8. The number of carbonyl (C=O) groups is 3. The first-order chi connectivity index (χ1) is 36.8. The summed E-state index contributed by atoms with van der Waals surface area (Å²) in [6.45, 7) is 9.76. The second kappa shape index (κ2) is 21.6. The van der Waals surface area contributed by atoms with Crippen LogP contribution in [0.5, 0.6) is 0 Å². The van der Waals surface area contributed by atoms with E-state index in [2.05, 4.69) is 41.1 Å². The number of ether oxygens (including phenoxy) is 2. The highest BCUT2D eigenvalue weighted by Crippen LogP contribution is 2.35. The molecule has 4 atom stereocenters. The molecule has 6 aromatic heterocycles. The van der Waals surface area contributed by atoms with E-state index in [1.54, 1.807) is 97.2 Å². The summed E-state index contributed by atoms with van der Waals surface area (Å²) in [5.74, 6) is -1.10. The van der Waals surface area contributed by atoms with E-state index in [0.29, 0.717) is 69.5 Å². The minimum atomic E-state index is -1.36. The average molecular weight is 1030 g/mol. The van der Waals surface area contributed by atoms with Gasteiger partial charge in [0.2, 0.25) is 11.6 Å². The molecule has 0 spiro atoms. The molecule has 2 aliphatic rings. The fraction of sp³-hybridized carbons (Fsp3) is 0.340. The topological polar surface area (TPSA) is 258 Å². The van der Waals surface area contributed by atoms with E-state index in [0.717, 1.165) is 59.0 Å². The van der Waals surface area contributed by atoms with Crippen LogP contribution in [0.25, 0.3) is 45.3 Å². The molecule has 2 saturated heterocycles. The van der Waals surface area contributed by atoms with Crippen LogP contribution in [0, 0.1) is 13.8 Å². The molecule has 2 unspecified atom stereocenters. The number of piperidine rings is 2. The molecule has 8 aromatic rings. The van der Waals surface area contributed by atoms with Crippen LogP contribution in [0.1, 0.15) is 83.8 Å². The van der Waals surface area contributed by atoms with Gasteiger partial charge in [0, 0.05) is 61.8 Å². The molecule has 23 heteroatoms. The molecule has 0 aliphatic carbocycles. The van der Waals surface area contributed by atoms with Crippen molar-refractivity contribution in [3.63, 3.8) is 0 Å². The first-order valence-electron chi connectivity index (χ1n) is 25.0. The predicted octanol–water partition coefficient (Wildman–Crippen LogP) is 6.22. The number of amides is 2. The Labute approximate surface area is 435 Å². The number of aryl methyl sites for hydroxylation is 4. The van der Waals surface area contributed by atoms with Gasteiger partial charge in [0.25, 0.3) is 11.8 Å². The molecule has 2 N–H and O–H groups in total. The van der Waals surface area contributed by atoms with Gasteiger partial charge < -0.3 is 20.1 Å². The van der Waals surface area contributed by atoms with Crippen molar-refractivity contribution in [1.29, 1.82) is 0 Å². The van der Waals surface area contributed by atoms with Gasteiger partial charge in [-0.1, -0.05) is 46.7 Å². The van der Waals surface area contributed by atoms with E-state index >= 15 is 0 Å². The van der Waals surface area contributed by atoms with Crippen molar-refractivity contribution in [2.45, 2.75) is 77.9 Å². The summed E-state index contributed by atoms with van der Waals surface area (Å²) in [5.41, 5.74) is 5.72. The number of benzene rings is 2. The number of rotatable bonds is 14. The highest BCUT2D eigenvalue weighted by Gasteiger charge is 2.34. The van der Waals surface area contributed by atoms with Crippen LogP contribution in [0.3, 0.4) is 0 Å². The summed E-state index contributed by atoms with van der Waals surface area (Å²) in [6.07, 6.45) is 6.08. The monoisotopic (exact) mass is 1030 g/mol. The standard InChI is InChI=1S/C53H56N14O9/c1-31-11-7-25-56-45(31)66(39-13-9-23-54-27-39)49(68)37-19-15-35(16-20-37)41-29-58-62(5)43(41)47-60-75-51(70)64(47)33(3)73-53(72)74-34(4)65-48(61-76-52(65)71)44-42(30-59-63(44)6)36-17-21-38(22-18-36)50(69)67(40-14-10-24-55-28-40)46-32(2)12-8-26-57-46/h7-8,11-12,15-22,25-26,29-30,33-34,39-40,54-55H,9-10,13-14,23-24,27-28H2,1-6H3/t33?,34?,39-,40-/m1/s1. The molecule has 23 nitrogen and oxygen atoms in total. The van der Waals surface area contributed by atoms with Gasteiger partial charge >= 0.3 is 17.7 Å². The van der Waals surface area contributed by atoms with Crippen molar-refractivity contribution in [2.75, 3.05) is 36.0 Å². The van der Waals surface area contributed by atoms with Gasteiger partial charge in [-0.25, -0.2) is 33.5 Å². The first kappa shape index (κ1) is 50.7. The first-order valence-corrected chi connectivity index (χ1v) is 25.0. The van der Waals surface area contributed by atoms with E-state index in [-0.39, 0.29) is 35.5 Å². The summed E-state index contributed by atoms with van der Waals surface area (Å²) in [7, 11) is 3.31. The number of carbonyl (C=O) groups excluding carboxylic acids is 3. The van der Waals surface area contributed by atoms with Crippen molar-refractivity contribution in [3.05, 3.63) is 141 Å². The third-order valence-corrected chi connectivity index (χ3v) is 13.8. The molecule has 0 bridgehead atoms. The van der Waals surface area contributed by atoms with Crippen molar-refractivity contribution >= 4 is 29.6 Å². The van der Waals surface area contributed by atoms with Crippen molar-refractivity contribution in [1.82, 2.24) is 59.6 Å². The van der Waals surface area contributed by atoms with Gasteiger partial charge in [0.15, 0.2) is 12.5 Å². The Bertz CT molecular complexity index is 3300. The predicted molar refractivity (Wildman–Crippen MR) is 277 cm³/mol. The summed E-state index contributed by atoms with van der Waals surface area (Å²) < 4.78 is 26.6. The maximum Gasteiger partial charge on any atom is 0.512 e. The number of anilines is 2. The normalized spacial score (nSPS) is 16.4. The molecule has 392 valence electrons. The molecular formula is C53H56N14O9. The zero-order valence-electron chi connectivity index (χ0n) is 42.7. The number of pyridine rings is 2. The third-order valence-electron chi connectivity index (χ3n) is 13.8. The Morgan fingerprint density at radius 2 is 1.04 bits per heavy atom. The van der Waals surface area contributed by atoms with Crippen LogP contribution in [-0.4, -0.2) is 105 Å². The molecular weight excluding hydrogens is 977 g/mol. The van der Waals surface area contributed by atoms with E-state index in [9.17, 15) is 24.0 Å². The van der Waals surface area contributed by atoms with Crippen molar-refractivity contribution < 1.29 is 32.9 Å². The van der Waals surface area contributed by atoms with E-state index in [4.69, 9.17) is 18.5 Å². The molecule has 2 fully saturated rings. The van der Waals surface area contributed by atoms with Crippen LogP contribution in [0.4, 0.5) is 16.4 Å². The lowest BCUT2D eigenvalue weighted by Gasteiger charge is -2.34. The van der Waals surface area contributed by atoms with Crippen LogP contribution < -0.4 is 31.9 Å². The zero-order valence-corrected chi connectivity index (χ0v) is 42.7. The van der Waals surface area contributed by atoms with Gasteiger partial charge in [0.05, 0.1) is 24.5 Å². The lowest BCUT2D eigenvalue weighted by atomic mass is 10.0. The van der Waals surface area contributed by atoms with Gasteiger partial charge in [-0.2, -0.15) is 10.2 Å². The molecule has 76 heavy (non-hydrogen) atoms. The maximum atomic E-state index is 14.3. The molecule has 10 rings (SSSR count). The fourth-order valence-electron chi connectivity index (χ4n) is 10.0. The number of nitrogens with zero attached hydrogens (tertiary/aromatic N) is 12. The highest BCUT2D eigenvalue weighted by atomic mass is 16.7. The van der Waals surface area contributed by atoms with E-state index < -0.39 is 30.1 Å². The molecule has 0 radical (unpaired) electrons. The Morgan fingerprint density at radius 3 is 1.41 bits per heavy atom. The minimum Gasteiger partial charge on any atom is -0.410 e. The Balaban J connectivity index is 0.852. The van der Waals surface area contributed by atoms with E-state index in [1.807, 2.05) is 38.1 Å². The van der Waals surface area contributed by atoms with Crippen LogP contribution in [-0.2, 0) is 23.6 Å². The molecule has 2 aromatic carbocycles. The summed E-state index contributed by atoms with van der Waals surface area (Å²) in [6, 6.07) is 21.4. The van der Waals surface area contributed by atoms with Gasteiger partial charge in [-0.3, -0.25) is 37.8 Å². The van der Waals surface area contributed by atoms with Crippen LogP contribution >= 0.6 is 0 Å².